The van der Waals surface area contributed by atoms with Crippen molar-refractivity contribution in [2.24, 2.45) is 0 Å². The molecule has 0 saturated carbocycles. The van der Waals surface area contributed by atoms with Crippen LogP contribution in [0.1, 0.15) is 26.2 Å². The van der Waals surface area contributed by atoms with Crippen molar-refractivity contribution in [3.8, 4) is 11.5 Å². The van der Waals surface area contributed by atoms with E-state index in [0.717, 1.165) is 13.2 Å². The molecule has 1 unspecified atom stereocenters. The van der Waals surface area contributed by atoms with Gasteiger partial charge in [0.1, 0.15) is 28.8 Å². The van der Waals surface area contributed by atoms with Gasteiger partial charge in [-0.2, -0.15) is 13.2 Å². The summed E-state index contributed by atoms with van der Waals surface area (Å²) in [6, 6.07) is 11.5. The number of hydrogen-bond donors (Lipinski definition) is 1. The molecule has 1 heterocycles. The zero-order chi connectivity index (χ0) is 22.6. The van der Waals surface area contributed by atoms with E-state index in [1.165, 1.54) is 42.5 Å². The summed E-state index contributed by atoms with van der Waals surface area (Å²) in [4.78, 5) is 21.9. The van der Waals surface area contributed by atoms with Crippen molar-refractivity contribution in [2.45, 2.75) is 12.2 Å². The SMILES string of the molecule is COC(=O)c1sc(C(F)(F)F)cc1Oc1ccc(NC(C=O)c2ccccc2F)cc1. The Morgan fingerprint density at radius 3 is 2.39 bits per heavy atom. The fourth-order valence-electron chi connectivity index (χ4n) is 2.66. The van der Waals surface area contributed by atoms with Crippen LogP contribution < -0.4 is 10.1 Å². The van der Waals surface area contributed by atoms with Gasteiger partial charge in [-0.1, -0.05) is 18.2 Å². The van der Waals surface area contributed by atoms with Gasteiger partial charge >= 0.3 is 12.1 Å². The number of carbonyl (C=O) groups excluding carboxylic acids is 2. The van der Waals surface area contributed by atoms with E-state index in [9.17, 15) is 27.2 Å². The zero-order valence-electron chi connectivity index (χ0n) is 15.9. The van der Waals surface area contributed by atoms with Gasteiger partial charge in [-0.05, 0) is 30.3 Å². The highest BCUT2D eigenvalue weighted by Crippen LogP contribution is 2.41. The Hall–Kier alpha value is -3.40. The topological polar surface area (TPSA) is 64.6 Å². The fourth-order valence-corrected chi connectivity index (χ4v) is 3.53. The van der Waals surface area contributed by atoms with Gasteiger partial charge in [0.05, 0.1) is 7.11 Å². The normalized spacial score (nSPS) is 12.2. The summed E-state index contributed by atoms with van der Waals surface area (Å²) >= 11 is 0.221. The number of rotatable bonds is 7. The summed E-state index contributed by atoms with van der Waals surface area (Å²) in [6.45, 7) is 0. The number of alkyl halides is 3. The minimum absolute atomic E-state index is 0.149. The van der Waals surface area contributed by atoms with E-state index in [4.69, 9.17) is 4.74 Å². The molecule has 0 aliphatic rings. The molecular weight excluding hydrogens is 438 g/mol. The summed E-state index contributed by atoms with van der Waals surface area (Å²) in [5.74, 6) is -1.63. The van der Waals surface area contributed by atoms with Crippen LogP contribution in [0, 0.1) is 5.82 Å². The molecule has 0 spiro atoms. The first-order valence-electron chi connectivity index (χ1n) is 8.76. The average molecular weight is 453 g/mol. The number of nitrogens with one attached hydrogen (secondary N) is 1. The van der Waals surface area contributed by atoms with Crippen LogP contribution in [0.15, 0.2) is 54.6 Å². The first-order chi connectivity index (χ1) is 14.7. The lowest BCUT2D eigenvalue weighted by molar-refractivity contribution is -0.134. The summed E-state index contributed by atoms with van der Waals surface area (Å²) in [6.07, 6.45) is -4.09. The van der Waals surface area contributed by atoms with E-state index in [1.807, 2.05) is 0 Å². The largest absolute Gasteiger partial charge is 0.465 e. The number of esters is 1. The molecule has 1 atom stereocenters. The molecule has 162 valence electrons. The maximum absolute atomic E-state index is 13.9. The van der Waals surface area contributed by atoms with E-state index in [1.54, 1.807) is 6.07 Å². The second-order valence-electron chi connectivity index (χ2n) is 6.20. The van der Waals surface area contributed by atoms with Crippen molar-refractivity contribution >= 4 is 29.3 Å². The summed E-state index contributed by atoms with van der Waals surface area (Å²) in [7, 11) is 1.05. The number of methoxy groups -OCH3 is 1. The third-order valence-electron chi connectivity index (χ3n) is 4.13. The highest BCUT2D eigenvalue weighted by atomic mass is 32.1. The third kappa shape index (κ3) is 5.21. The lowest BCUT2D eigenvalue weighted by atomic mass is 10.1. The minimum atomic E-state index is -4.64. The van der Waals surface area contributed by atoms with Gasteiger partial charge in [-0.3, -0.25) is 0 Å². The van der Waals surface area contributed by atoms with Crippen molar-refractivity contribution < 1.29 is 36.6 Å². The van der Waals surface area contributed by atoms with E-state index in [2.05, 4.69) is 10.1 Å². The van der Waals surface area contributed by atoms with Gasteiger partial charge in [0.25, 0.3) is 0 Å². The number of thiophene rings is 1. The van der Waals surface area contributed by atoms with Crippen molar-refractivity contribution in [2.75, 3.05) is 12.4 Å². The van der Waals surface area contributed by atoms with E-state index >= 15 is 0 Å². The van der Waals surface area contributed by atoms with Crippen molar-refractivity contribution in [3.63, 3.8) is 0 Å². The quantitative estimate of drug-likeness (QED) is 0.277. The molecule has 10 heteroatoms. The zero-order valence-corrected chi connectivity index (χ0v) is 16.7. The monoisotopic (exact) mass is 453 g/mol. The molecule has 0 fully saturated rings. The highest BCUT2D eigenvalue weighted by molar-refractivity contribution is 7.14. The van der Waals surface area contributed by atoms with Gasteiger partial charge in [0.15, 0.2) is 10.6 Å². The standard InChI is InChI=1S/C21H15F4NO4S/c1-29-20(28)19-17(10-18(31-19)21(23,24)25)30-13-8-6-12(7-9-13)26-16(11-27)14-4-2-3-5-15(14)22/h2-11,16,26H,1H3. The Morgan fingerprint density at radius 2 is 1.81 bits per heavy atom. The van der Waals surface area contributed by atoms with Crippen LogP contribution in [-0.4, -0.2) is 19.4 Å². The molecule has 2 aromatic carbocycles. The Balaban J connectivity index is 1.79. The second-order valence-corrected chi connectivity index (χ2v) is 7.25. The Bertz CT molecular complexity index is 1080. The second kappa shape index (κ2) is 9.17. The molecule has 0 saturated heterocycles. The van der Waals surface area contributed by atoms with Crippen molar-refractivity contribution in [3.05, 3.63) is 75.7 Å². The minimum Gasteiger partial charge on any atom is -0.465 e. The first-order valence-corrected chi connectivity index (χ1v) is 9.58. The van der Waals surface area contributed by atoms with Gasteiger partial charge in [0.2, 0.25) is 0 Å². The summed E-state index contributed by atoms with van der Waals surface area (Å²) in [5, 5.41) is 2.86. The molecule has 0 aliphatic carbocycles. The number of anilines is 1. The number of hydrogen-bond acceptors (Lipinski definition) is 6. The smallest absolute Gasteiger partial charge is 0.425 e. The van der Waals surface area contributed by atoms with Crippen LogP contribution in [0.25, 0.3) is 0 Å². The van der Waals surface area contributed by atoms with Gasteiger partial charge in [-0.15, -0.1) is 11.3 Å². The Labute approximate surface area is 178 Å². The molecule has 1 aromatic heterocycles. The maximum atomic E-state index is 13.9. The van der Waals surface area contributed by atoms with Gasteiger partial charge in [0, 0.05) is 17.3 Å². The van der Waals surface area contributed by atoms with Crippen LogP contribution in [0.4, 0.5) is 23.2 Å². The molecule has 5 nitrogen and oxygen atoms in total. The molecule has 0 amide bonds. The lowest BCUT2D eigenvalue weighted by Gasteiger charge is -2.15. The van der Waals surface area contributed by atoms with Gasteiger partial charge < -0.3 is 19.6 Å². The highest BCUT2D eigenvalue weighted by Gasteiger charge is 2.36. The molecular formula is C21H15F4NO4S. The average Bonchev–Trinajstić information content (AvgIpc) is 3.17. The molecule has 3 aromatic rings. The molecule has 31 heavy (non-hydrogen) atoms. The number of halogens is 4. The molecule has 3 rings (SSSR count). The number of carbonyl (C=O) groups is 2. The fraction of sp³-hybridized carbons (Fsp3) is 0.143. The molecule has 1 N–H and O–H groups in total. The first kappa shape index (κ1) is 22.3. The Morgan fingerprint density at radius 1 is 1.13 bits per heavy atom. The van der Waals surface area contributed by atoms with Gasteiger partial charge in [-0.25, -0.2) is 9.18 Å². The van der Waals surface area contributed by atoms with Crippen molar-refractivity contribution in [1.29, 1.82) is 0 Å². The predicted molar refractivity (Wildman–Crippen MR) is 106 cm³/mol. The van der Waals surface area contributed by atoms with Crippen LogP contribution in [-0.2, 0) is 15.7 Å². The maximum Gasteiger partial charge on any atom is 0.425 e. The van der Waals surface area contributed by atoms with Crippen LogP contribution >= 0.6 is 11.3 Å². The van der Waals surface area contributed by atoms with E-state index < -0.39 is 28.9 Å². The number of ether oxygens (including phenoxy) is 2. The van der Waals surface area contributed by atoms with Crippen LogP contribution in [0.5, 0.6) is 11.5 Å². The summed E-state index contributed by atoms with van der Waals surface area (Å²) in [5.41, 5.74) is 0.612. The molecule has 0 aliphatic heterocycles. The third-order valence-corrected chi connectivity index (χ3v) is 5.27. The molecule has 0 bridgehead atoms. The van der Waals surface area contributed by atoms with Crippen LogP contribution in [0.2, 0.25) is 0 Å². The Kier molecular flexibility index (Phi) is 6.59. The number of benzene rings is 2. The van der Waals surface area contributed by atoms with E-state index in [0.29, 0.717) is 12.0 Å². The van der Waals surface area contributed by atoms with Crippen molar-refractivity contribution in [1.82, 2.24) is 0 Å². The van der Waals surface area contributed by atoms with Crippen LogP contribution in [0.3, 0.4) is 0 Å². The van der Waals surface area contributed by atoms with E-state index in [-0.39, 0.29) is 33.3 Å². The molecule has 0 radical (unpaired) electrons. The summed E-state index contributed by atoms with van der Waals surface area (Å²) < 4.78 is 62.9. The lowest BCUT2D eigenvalue weighted by Crippen LogP contribution is -2.13. The number of aldehydes is 1. The predicted octanol–water partition coefficient (Wildman–Crippen LogP) is 5.84.